The van der Waals surface area contributed by atoms with E-state index in [1.54, 1.807) is 6.92 Å². The van der Waals surface area contributed by atoms with Gasteiger partial charge < -0.3 is 15.7 Å². The summed E-state index contributed by atoms with van der Waals surface area (Å²) in [7, 11) is 0. The second-order valence-corrected chi connectivity index (χ2v) is 2.49. The van der Waals surface area contributed by atoms with Gasteiger partial charge in [0.1, 0.15) is 11.5 Å². The smallest absolute Gasteiger partial charge is 0.359 e. The first kappa shape index (κ1) is 10.9. The van der Waals surface area contributed by atoms with Crippen LogP contribution in [0.4, 0.5) is 5.82 Å². The van der Waals surface area contributed by atoms with Crippen molar-refractivity contribution in [2.45, 2.75) is 6.92 Å². The van der Waals surface area contributed by atoms with Gasteiger partial charge in [0.2, 0.25) is 0 Å². The first-order chi connectivity index (χ1) is 7.19. The Morgan fingerprint density at radius 2 is 2.53 bits per heavy atom. The number of hydrogen-bond acceptors (Lipinski definition) is 7. The van der Waals surface area contributed by atoms with E-state index in [2.05, 4.69) is 15.1 Å². The van der Waals surface area contributed by atoms with Gasteiger partial charge in [-0.2, -0.15) is 0 Å². The molecule has 3 N–H and O–H groups in total. The standard InChI is InChI=1S/C8H10N4O3/c1-2-15-8(13)7-5(3-11-14)12-6(9)4-10-7/h3-4,14H,2H2,1H3,(H2,9,12). The number of ether oxygens (including phenoxy) is 1. The van der Waals surface area contributed by atoms with Crippen molar-refractivity contribution >= 4 is 18.0 Å². The van der Waals surface area contributed by atoms with Gasteiger partial charge in [0.05, 0.1) is 19.0 Å². The lowest BCUT2D eigenvalue weighted by atomic mass is 10.3. The highest BCUT2D eigenvalue weighted by Crippen LogP contribution is 2.05. The lowest BCUT2D eigenvalue weighted by Crippen LogP contribution is -2.13. The molecule has 1 heterocycles. The molecule has 80 valence electrons. The van der Waals surface area contributed by atoms with Crippen molar-refractivity contribution in [3.05, 3.63) is 17.6 Å². The summed E-state index contributed by atoms with van der Waals surface area (Å²) in [5.41, 5.74) is 5.39. The summed E-state index contributed by atoms with van der Waals surface area (Å²) in [4.78, 5) is 18.9. The van der Waals surface area contributed by atoms with Crippen LogP contribution in [0.5, 0.6) is 0 Å². The number of carbonyl (C=O) groups is 1. The quantitative estimate of drug-likeness (QED) is 0.315. The Bertz CT molecular complexity index is 391. The van der Waals surface area contributed by atoms with E-state index in [0.717, 1.165) is 6.21 Å². The summed E-state index contributed by atoms with van der Waals surface area (Å²) in [5.74, 6) is -0.516. The number of nitrogens with two attached hydrogens (primary N) is 1. The maximum atomic E-state index is 11.3. The molecule has 0 saturated heterocycles. The maximum absolute atomic E-state index is 11.3. The van der Waals surface area contributed by atoms with Crippen LogP contribution >= 0.6 is 0 Å². The molecule has 7 heteroatoms. The van der Waals surface area contributed by atoms with Crippen molar-refractivity contribution in [1.29, 1.82) is 0 Å². The minimum absolute atomic E-state index is 0.0381. The first-order valence-electron chi connectivity index (χ1n) is 4.16. The molecule has 0 amide bonds. The molecule has 0 spiro atoms. The third-order valence-corrected chi connectivity index (χ3v) is 1.47. The van der Waals surface area contributed by atoms with E-state index < -0.39 is 5.97 Å². The van der Waals surface area contributed by atoms with Crippen molar-refractivity contribution in [2.24, 2.45) is 5.16 Å². The number of aromatic nitrogens is 2. The highest BCUT2D eigenvalue weighted by atomic mass is 16.5. The fourth-order valence-electron chi connectivity index (χ4n) is 0.919. The van der Waals surface area contributed by atoms with Gasteiger partial charge in [0.25, 0.3) is 0 Å². The van der Waals surface area contributed by atoms with Gasteiger partial charge in [-0.1, -0.05) is 5.16 Å². The maximum Gasteiger partial charge on any atom is 0.359 e. The molecule has 0 bridgehead atoms. The van der Waals surface area contributed by atoms with Crippen LogP contribution in [0.25, 0.3) is 0 Å². The monoisotopic (exact) mass is 210 g/mol. The zero-order valence-corrected chi connectivity index (χ0v) is 8.04. The molecule has 1 rings (SSSR count). The molecular formula is C8H10N4O3. The van der Waals surface area contributed by atoms with E-state index in [1.165, 1.54) is 6.20 Å². The van der Waals surface area contributed by atoms with E-state index >= 15 is 0 Å². The van der Waals surface area contributed by atoms with E-state index in [9.17, 15) is 4.79 Å². The Kier molecular flexibility index (Phi) is 3.55. The van der Waals surface area contributed by atoms with Gasteiger partial charge in [0, 0.05) is 0 Å². The molecule has 1 aromatic heterocycles. The van der Waals surface area contributed by atoms with Crippen molar-refractivity contribution in [1.82, 2.24) is 9.97 Å². The average Bonchev–Trinajstić information content (AvgIpc) is 2.18. The molecule has 0 aliphatic carbocycles. The summed E-state index contributed by atoms with van der Waals surface area (Å²) >= 11 is 0. The third kappa shape index (κ3) is 2.63. The number of nitrogens with zero attached hydrogens (tertiary/aromatic N) is 3. The molecule has 15 heavy (non-hydrogen) atoms. The number of hydrogen-bond donors (Lipinski definition) is 2. The number of nitrogen functional groups attached to an aromatic ring is 1. The van der Waals surface area contributed by atoms with Crippen LogP contribution in [0.15, 0.2) is 11.4 Å². The van der Waals surface area contributed by atoms with Crippen LogP contribution < -0.4 is 5.73 Å². The van der Waals surface area contributed by atoms with Crippen molar-refractivity contribution < 1.29 is 14.7 Å². The van der Waals surface area contributed by atoms with Crippen molar-refractivity contribution in [3.63, 3.8) is 0 Å². The Balaban J connectivity index is 3.10. The van der Waals surface area contributed by atoms with E-state index in [-0.39, 0.29) is 23.8 Å². The number of rotatable bonds is 3. The summed E-state index contributed by atoms with van der Waals surface area (Å²) in [6.45, 7) is 1.89. The Morgan fingerprint density at radius 3 is 3.13 bits per heavy atom. The molecule has 0 fully saturated rings. The number of oxime groups is 1. The van der Waals surface area contributed by atoms with Gasteiger partial charge in [-0.25, -0.2) is 14.8 Å². The topological polar surface area (TPSA) is 111 Å². The van der Waals surface area contributed by atoms with E-state index in [0.29, 0.717) is 0 Å². The predicted octanol–water partition coefficient (Wildman–Crippen LogP) is 0.0436. The van der Waals surface area contributed by atoms with Gasteiger partial charge in [-0.3, -0.25) is 0 Å². The minimum Gasteiger partial charge on any atom is -0.461 e. The van der Waals surface area contributed by atoms with Crippen molar-refractivity contribution in [2.75, 3.05) is 12.3 Å². The zero-order chi connectivity index (χ0) is 11.3. The Hall–Kier alpha value is -2.18. The van der Waals surface area contributed by atoms with Gasteiger partial charge in [0.15, 0.2) is 5.69 Å². The number of carbonyl (C=O) groups excluding carboxylic acids is 1. The van der Waals surface area contributed by atoms with Gasteiger partial charge in [-0.15, -0.1) is 0 Å². The molecule has 0 radical (unpaired) electrons. The fraction of sp³-hybridized carbons (Fsp3) is 0.250. The molecule has 0 atom stereocenters. The molecule has 0 unspecified atom stereocenters. The fourth-order valence-corrected chi connectivity index (χ4v) is 0.919. The van der Waals surface area contributed by atoms with Crippen LogP contribution in [0, 0.1) is 0 Å². The predicted molar refractivity (Wildman–Crippen MR) is 51.8 cm³/mol. The lowest BCUT2D eigenvalue weighted by Gasteiger charge is -2.03. The average molecular weight is 210 g/mol. The molecule has 0 aliphatic rings. The second-order valence-electron chi connectivity index (χ2n) is 2.49. The highest BCUT2D eigenvalue weighted by molar-refractivity contribution is 5.96. The van der Waals surface area contributed by atoms with E-state index in [1.807, 2.05) is 0 Å². The summed E-state index contributed by atoms with van der Waals surface area (Å²) in [5, 5.41) is 11.1. The number of anilines is 1. The second kappa shape index (κ2) is 4.89. The van der Waals surface area contributed by atoms with Gasteiger partial charge in [-0.05, 0) is 6.92 Å². The zero-order valence-electron chi connectivity index (χ0n) is 8.04. The van der Waals surface area contributed by atoms with Crippen LogP contribution in [0.3, 0.4) is 0 Å². The third-order valence-electron chi connectivity index (χ3n) is 1.47. The number of esters is 1. The summed E-state index contributed by atoms with van der Waals surface area (Å²) < 4.78 is 4.73. The molecule has 1 aromatic rings. The van der Waals surface area contributed by atoms with Crippen LogP contribution in [-0.4, -0.2) is 34.0 Å². The largest absolute Gasteiger partial charge is 0.461 e. The van der Waals surface area contributed by atoms with Crippen molar-refractivity contribution in [3.8, 4) is 0 Å². The first-order valence-corrected chi connectivity index (χ1v) is 4.16. The molecule has 0 saturated carbocycles. The van der Waals surface area contributed by atoms with E-state index in [4.69, 9.17) is 15.7 Å². The minimum atomic E-state index is -0.639. The molecule has 0 aliphatic heterocycles. The Morgan fingerprint density at radius 1 is 1.80 bits per heavy atom. The molecular weight excluding hydrogens is 200 g/mol. The highest BCUT2D eigenvalue weighted by Gasteiger charge is 2.14. The van der Waals surface area contributed by atoms with Gasteiger partial charge >= 0.3 is 5.97 Å². The summed E-state index contributed by atoms with van der Waals surface area (Å²) in [6, 6.07) is 0. The lowest BCUT2D eigenvalue weighted by molar-refractivity contribution is 0.0519. The Labute approximate surface area is 85.6 Å². The molecule has 0 aromatic carbocycles. The summed E-state index contributed by atoms with van der Waals surface area (Å²) in [6.07, 6.45) is 2.19. The van der Waals surface area contributed by atoms with Crippen LogP contribution in [-0.2, 0) is 4.74 Å². The molecule has 7 nitrogen and oxygen atoms in total. The SMILES string of the molecule is CCOC(=O)c1ncc(N)nc1C=NO. The van der Waals surface area contributed by atoms with Crippen LogP contribution in [0.1, 0.15) is 23.1 Å². The van der Waals surface area contributed by atoms with Crippen LogP contribution in [0.2, 0.25) is 0 Å². The normalized spacial score (nSPS) is 10.5.